The number of nitrogens with one attached hydrogen (secondary N) is 1. The fraction of sp³-hybridized carbons (Fsp3) is 0.310. The second-order valence-corrected chi connectivity index (χ2v) is 9.43. The standard InChI is InChI=1S/C29H32N4O2/c1-32-19-25(17-30-32)24-16-28(29(34)33(20-24)18-21-8-14-27(35-2)15-9-21)31-26-12-10-23(11-13-26)22-6-4-3-5-7-22/h3-9,14-17,19-20,23,26,31H,10-13,18H2,1-2H3/t23-,26+. The van der Waals surface area contributed by atoms with Gasteiger partial charge < -0.3 is 14.6 Å². The van der Waals surface area contributed by atoms with E-state index in [4.69, 9.17) is 4.74 Å². The first kappa shape index (κ1) is 23.0. The normalized spacial score (nSPS) is 17.8. The second-order valence-electron chi connectivity index (χ2n) is 9.43. The van der Waals surface area contributed by atoms with E-state index >= 15 is 0 Å². The fourth-order valence-electron chi connectivity index (χ4n) is 5.03. The van der Waals surface area contributed by atoms with E-state index in [1.807, 2.05) is 56.0 Å². The topological polar surface area (TPSA) is 61.1 Å². The van der Waals surface area contributed by atoms with Crippen molar-refractivity contribution >= 4 is 5.69 Å². The molecule has 1 N–H and O–H groups in total. The zero-order valence-electron chi connectivity index (χ0n) is 20.4. The molecule has 2 aromatic heterocycles. The predicted octanol–water partition coefficient (Wildman–Crippen LogP) is 5.44. The summed E-state index contributed by atoms with van der Waals surface area (Å²) in [5.41, 5.74) is 5.09. The highest BCUT2D eigenvalue weighted by atomic mass is 16.5. The molecule has 0 spiro atoms. The zero-order chi connectivity index (χ0) is 24.2. The lowest BCUT2D eigenvalue weighted by Gasteiger charge is -2.30. The monoisotopic (exact) mass is 468 g/mol. The van der Waals surface area contributed by atoms with Crippen molar-refractivity contribution in [2.75, 3.05) is 12.4 Å². The predicted molar refractivity (Wildman–Crippen MR) is 140 cm³/mol. The molecule has 0 bridgehead atoms. The zero-order valence-corrected chi connectivity index (χ0v) is 20.4. The summed E-state index contributed by atoms with van der Waals surface area (Å²) >= 11 is 0. The van der Waals surface area contributed by atoms with Crippen molar-refractivity contribution in [3.8, 4) is 16.9 Å². The molecule has 2 heterocycles. The van der Waals surface area contributed by atoms with Crippen molar-refractivity contribution in [3.63, 3.8) is 0 Å². The van der Waals surface area contributed by atoms with Gasteiger partial charge in [-0.1, -0.05) is 42.5 Å². The van der Waals surface area contributed by atoms with Crippen LogP contribution in [0.2, 0.25) is 0 Å². The lowest BCUT2D eigenvalue weighted by atomic mass is 9.82. The molecule has 6 heteroatoms. The molecule has 6 nitrogen and oxygen atoms in total. The molecule has 1 fully saturated rings. The third kappa shape index (κ3) is 5.32. The molecule has 0 saturated heterocycles. The number of benzene rings is 2. The minimum Gasteiger partial charge on any atom is -0.497 e. The summed E-state index contributed by atoms with van der Waals surface area (Å²) in [7, 11) is 3.56. The third-order valence-electron chi connectivity index (χ3n) is 6.99. The van der Waals surface area contributed by atoms with Crippen LogP contribution < -0.4 is 15.6 Å². The summed E-state index contributed by atoms with van der Waals surface area (Å²) in [5.74, 6) is 1.40. The molecular weight excluding hydrogens is 436 g/mol. The lowest BCUT2D eigenvalue weighted by molar-refractivity contribution is 0.412. The molecule has 1 aliphatic rings. The van der Waals surface area contributed by atoms with Gasteiger partial charge in [0.25, 0.3) is 5.56 Å². The average molecular weight is 469 g/mol. The Bertz CT molecular complexity index is 1320. The molecule has 5 rings (SSSR count). The number of pyridine rings is 1. The maximum absolute atomic E-state index is 13.5. The van der Waals surface area contributed by atoms with E-state index in [1.54, 1.807) is 16.4 Å². The van der Waals surface area contributed by atoms with Crippen LogP contribution in [0.15, 0.2) is 84.0 Å². The summed E-state index contributed by atoms with van der Waals surface area (Å²) in [6.45, 7) is 0.492. The molecule has 0 unspecified atom stereocenters. The highest BCUT2D eigenvalue weighted by Gasteiger charge is 2.23. The fourth-order valence-corrected chi connectivity index (χ4v) is 5.03. The number of hydrogen-bond acceptors (Lipinski definition) is 4. The Kier molecular flexibility index (Phi) is 6.70. The van der Waals surface area contributed by atoms with E-state index in [2.05, 4.69) is 40.7 Å². The van der Waals surface area contributed by atoms with Crippen LogP contribution in [0.5, 0.6) is 5.75 Å². The minimum absolute atomic E-state index is 0.00126. The van der Waals surface area contributed by atoms with Crippen molar-refractivity contribution in [2.24, 2.45) is 7.05 Å². The van der Waals surface area contributed by atoms with Crippen LogP contribution in [0, 0.1) is 0 Å². The van der Waals surface area contributed by atoms with Crippen LogP contribution in [-0.2, 0) is 13.6 Å². The SMILES string of the molecule is COc1ccc(Cn2cc(-c3cnn(C)c3)cc(N[C@H]3CC[C@@H](c4ccccc4)CC3)c2=O)cc1. The van der Waals surface area contributed by atoms with Gasteiger partial charge in [0.1, 0.15) is 11.4 Å². The molecule has 0 aliphatic heterocycles. The Morgan fingerprint density at radius 1 is 0.971 bits per heavy atom. The van der Waals surface area contributed by atoms with Gasteiger partial charge in [-0.25, -0.2) is 0 Å². The van der Waals surface area contributed by atoms with Gasteiger partial charge in [0.15, 0.2) is 0 Å². The van der Waals surface area contributed by atoms with E-state index in [0.29, 0.717) is 24.2 Å². The maximum atomic E-state index is 13.5. The minimum atomic E-state index is -0.00126. The van der Waals surface area contributed by atoms with Gasteiger partial charge in [-0.15, -0.1) is 0 Å². The van der Waals surface area contributed by atoms with E-state index in [-0.39, 0.29) is 5.56 Å². The summed E-state index contributed by atoms with van der Waals surface area (Å²) in [6, 6.07) is 20.9. The summed E-state index contributed by atoms with van der Waals surface area (Å²) in [6.07, 6.45) is 10.1. The Morgan fingerprint density at radius 2 is 1.71 bits per heavy atom. The Balaban J connectivity index is 1.39. The van der Waals surface area contributed by atoms with Gasteiger partial charge in [-0.2, -0.15) is 5.10 Å². The first-order chi connectivity index (χ1) is 17.1. The number of rotatable bonds is 7. The highest BCUT2D eigenvalue weighted by Crippen LogP contribution is 2.34. The van der Waals surface area contributed by atoms with Crippen LogP contribution in [0.3, 0.4) is 0 Å². The van der Waals surface area contributed by atoms with Gasteiger partial charge in [0, 0.05) is 36.6 Å². The molecular formula is C29H32N4O2. The molecule has 1 aliphatic carbocycles. The Morgan fingerprint density at radius 3 is 2.37 bits per heavy atom. The number of aryl methyl sites for hydroxylation is 1. The highest BCUT2D eigenvalue weighted by molar-refractivity contribution is 5.65. The molecule has 1 saturated carbocycles. The molecule has 0 amide bonds. The van der Waals surface area contributed by atoms with E-state index < -0.39 is 0 Å². The second kappa shape index (κ2) is 10.2. The lowest BCUT2D eigenvalue weighted by Crippen LogP contribution is -2.31. The molecule has 35 heavy (non-hydrogen) atoms. The van der Waals surface area contributed by atoms with Crippen molar-refractivity contribution in [1.82, 2.24) is 14.3 Å². The number of hydrogen-bond donors (Lipinski definition) is 1. The summed E-state index contributed by atoms with van der Waals surface area (Å²) < 4.78 is 8.85. The third-order valence-corrected chi connectivity index (χ3v) is 6.99. The first-order valence-corrected chi connectivity index (χ1v) is 12.3. The quantitative estimate of drug-likeness (QED) is 0.392. The van der Waals surface area contributed by atoms with Crippen molar-refractivity contribution < 1.29 is 4.74 Å². The number of ether oxygens (including phenoxy) is 1. The maximum Gasteiger partial charge on any atom is 0.274 e. The smallest absolute Gasteiger partial charge is 0.274 e. The number of aromatic nitrogens is 3. The van der Waals surface area contributed by atoms with Gasteiger partial charge in [-0.05, 0) is 60.9 Å². The van der Waals surface area contributed by atoms with E-state index in [1.165, 1.54) is 5.56 Å². The number of methoxy groups -OCH3 is 1. The van der Waals surface area contributed by atoms with Crippen molar-refractivity contribution in [2.45, 2.75) is 44.2 Å². The average Bonchev–Trinajstić information content (AvgIpc) is 3.34. The molecule has 180 valence electrons. The van der Waals surface area contributed by atoms with Crippen LogP contribution in [0.25, 0.3) is 11.1 Å². The van der Waals surface area contributed by atoms with E-state index in [0.717, 1.165) is 48.1 Å². The van der Waals surface area contributed by atoms with Crippen molar-refractivity contribution in [1.29, 1.82) is 0 Å². The van der Waals surface area contributed by atoms with Gasteiger partial charge >= 0.3 is 0 Å². The first-order valence-electron chi connectivity index (χ1n) is 12.3. The summed E-state index contributed by atoms with van der Waals surface area (Å²) in [5, 5.41) is 7.93. The Labute approximate surface area is 206 Å². The number of anilines is 1. The van der Waals surface area contributed by atoms with E-state index in [9.17, 15) is 4.79 Å². The molecule has 0 atom stereocenters. The summed E-state index contributed by atoms with van der Waals surface area (Å²) in [4.78, 5) is 13.5. The van der Waals surface area contributed by atoms with Crippen LogP contribution in [0.1, 0.15) is 42.7 Å². The van der Waals surface area contributed by atoms with Crippen LogP contribution >= 0.6 is 0 Å². The Hall–Kier alpha value is -3.80. The molecule has 2 aromatic carbocycles. The van der Waals surface area contributed by atoms with Gasteiger partial charge in [0.2, 0.25) is 0 Å². The van der Waals surface area contributed by atoms with Gasteiger partial charge in [0.05, 0.1) is 19.9 Å². The number of nitrogens with zero attached hydrogens (tertiary/aromatic N) is 3. The van der Waals surface area contributed by atoms with Crippen molar-refractivity contribution in [3.05, 3.63) is 101 Å². The van der Waals surface area contributed by atoms with Gasteiger partial charge in [-0.3, -0.25) is 9.48 Å². The largest absolute Gasteiger partial charge is 0.497 e. The van der Waals surface area contributed by atoms with Crippen LogP contribution in [0.4, 0.5) is 5.69 Å². The molecule has 4 aromatic rings. The van der Waals surface area contributed by atoms with Crippen LogP contribution in [-0.4, -0.2) is 27.5 Å². The molecule has 0 radical (unpaired) electrons.